The summed E-state index contributed by atoms with van der Waals surface area (Å²) >= 11 is 0. The van der Waals surface area contributed by atoms with Crippen molar-refractivity contribution in [3.05, 3.63) is 0 Å². The van der Waals surface area contributed by atoms with E-state index in [9.17, 15) is 0 Å². The highest BCUT2D eigenvalue weighted by Gasteiger charge is 2.36. The molecule has 0 radical (unpaired) electrons. The molecule has 0 aromatic rings. The zero-order valence-corrected chi connectivity index (χ0v) is 7.53. The van der Waals surface area contributed by atoms with Gasteiger partial charge in [-0.05, 0) is 11.8 Å². The lowest BCUT2D eigenvalue weighted by Crippen LogP contribution is -2.31. The lowest BCUT2D eigenvalue weighted by Gasteiger charge is -2.19. The topological polar surface area (TPSA) is 27.7 Å². The van der Waals surface area contributed by atoms with Crippen molar-refractivity contribution in [2.24, 2.45) is 11.8 Å². The summed E-state index contributed by atoms with van der Waals surface area (Å²) in [5.74, 6) is 0.870. The van der Waals surface area contributed by atoms with Crippen LogP contribution in [0.15, 0.2) is 0 Å². The molecule has 0 spiro atoms. The molecule has 3 nitrogen and oxygen atoms in total. The van der Waals surface area contributed by atoms with Crippen LogP contribution in [-0.4, -0.2) is 12.2 Å². The molecule has 11 heavy (non-hydrogen) atoms. The molecule has 0 aliphatic carbocycles. The van der Waals surface area contributed by atoms with E-state index in [4.69, 9.17) is 9.78 Å². The molecule has 0 amide bonds. The standard InChI is InChI=1S/C8H16O3/c1-5(2)7-8(6(3)4)10-11-9-7/h5-8H,1-4H3. The first kappa shape index (κ1) is 8.97. The third kappa shape index (κ3) is 1.92. The Balaban J connectivity index is 2.51. The van der Waals surface area contributed by atoms with E-state index < -0.39 is 0 Å². The Morgan fingerprint density at radius 2 is 1.18 bits per heavy atom. The normalized spacial score (nSPS) is 32.2. The lowest BCUT2D eigenvalue weighted by molar-refractivity contribution is -0.468. The van der Waals surface area contributed by atoms with E-state index in [-0.39, 0.29) is 12.2 Å². The van der Waals surface area contributed by atoms with Crippen LogP contribution in [0.1, 0.15) is 27.7 Å². The van der Waals surface area contributed by atoms with Crippen molar-refractivity contribution in [3.63, 3.8) is 0 Å². The highest BCUT2D eigenvalue weighted by atomic mass is 17.5. The molecule has 0 N–H and O–H groups in total. The minimum Gasteiger partial charge on any atom is -0.200 e. The van der Waals surface area contributed by atoms with Crippen LogP contribution in [0.3, 0.4) is 0 Å². The van der Waals surface area contributed by atoms with E-state index in [0.29, 0.717) is 11.8 Å². The fourth-order valence-corrected chi connectivity index (χ4v) is 1.20. The van der Waals surface area contributed by atoms with Gasteiger partial charge < -0.3 is 0 Å². The maximum Gasteiger partial charge on any atom is 0.128 e. The van der Waals surface area contributed by atoms with Crippen LogP contribution in [0.4, 0.5) is 0 Å². The van der Waals surface area contributed by atoms with Gasteiger partial charge >= 0.3 is 0 Å². The van der Waals surface area contributed by atoms with Gasteiger partial charge in [0.25, 0.3) is 0 Å². The van der Waals surface area contributed by atoms with Gasteiger partial charge in [-0.2, -0.15) is 9.78 Å². The fraction of sp³-hybridized carbons (Fsp3) is 1.00. The van der Waals surface area contributed by atoms with E-state index in [1.807, 2.05) is 0 Å². The Morgan fingerprint density at radius 3 is 1.45 bits per heavy atom. The largest absolute Gasteiger partial charge is 0.200 e. The van der Waals surface area contributed by atoms with Crippen LogP contribution in [-0.2, 0) is 14.8 Å². The van der Waals surface area contributed by atoms with E-state index in [0.717, 1.165) is 0 Å². The Hall–Kier alpha value is -0.120. The summed E-state index contributed by atoms with van der Waals surface area (Å²) in [5, 5.41) is 4.49. The SMILES string of the molecule is CC(C)C1OOOC1C(C)C. The molecule has 3 heteroatoms. The number of rotatable bonds is 2. The van der Waals surface area contributed by atoms with Crippen molar-refractivity contribution in [3.8, 4) is 0 Å². The van der Waals surface area contributed by atoms with Crippen molar-refractivity contribution in [2.75, 3.05) is 0 Å². The average molecular weight is 160 g/mol. The van der Waals surface area contributed by atoms with Gasteiger partial charge in [0.05, 0.1) is 0 Å². The lowest BCUT2D eigenvalue weighted by atomic mass is 9.94. The molecule has 0 saturated carbocycles. The average Bonchev–Trinajstić information content (AvgIpc) is 2.32. The Morgan fingerprint density at radius 1 is 0.818 bits per heavy atom. The van der Waals surface area contributed by atoms with Gasteiger partial charge in [0.15, 0.2) is 0 Å². The van der Waals surface area contributed by atoms with Crippen LogP contribution in [0.2, 0.25) is 0 Å². The van der Waals surface area contributed by atoms with E-state index in [1.54, 1.807) is 0 Å². The molecule has 1 saturated heterocycles. The molecule has 1 rings (SSSR count). The summed E-state index contributed by atoms with van der Waals surface area (Å²) in [6.07, 6.45) is 0.157. The molecule has 0 aromatic heterocycles. The first-order valence-electron chi connectivity index (χ1n) is 4.11. The molecule has 0 bridgehead atoms. The summed E-state index contributed by atoms with van der Waals surface area (Å²) in [7, 11) is 0. The van der Waals surface area contributed by atoms with Crippen molar-refractivity contribution < 1.29 is 14.8 Å². The molecule has 2 atom stereocenters. The van der Waals surface area contributed by atoms with Crippen LogP contribution in [0.25, 0.3) is 0 Å². The third-order valence-corrected chi connectivity index (χ3v) is 1.94. The minimum absolute atomic E-state index is 0.0787. The number of hydrogen-bond donors (Lipinski definition) is 0. The number of hydrogen-bond acceptors (Lipinski definition) is 3. The predicted molar refractivity (Wildman–Crippen MR) is 40.5 cm³/mol. The Kier molecular flexibility index (Phi) is 2.87. The van der Waals surface area contributed by atoms with Crippen molar-refractivity contribution in [2.45, 2.75) is 39.9 Å². The molecule has 66 valence electrons. The fourth-order valence-electron chi connectivity index (χ4n) is 1.20. The van der Waals surface area contributed by atoms with Crippen molar-refractivity contribution in [1.29, 1.82) is 0 Å². The maximum absolute atomic E-state index is 4.97. The van der Waals surface area contributed by atoms with Crippen LogP contribution in [0.5, 0.6) is 0 Å². The Labute approximate surface area is 67.5 Å². The van der Waals surface area contributed by atoms with E-state index in [2.05, 4.69) is 32.7 Å². The zero-order chi connectivity index (χ0) is 8.43. The monoisotopic (exact) mass is 160 g/mol. The van der Waals surface area contributed by atoms with Crippen molar-refractivity contribution in [1.82, 2.24) is 0 Å². The first-order valence-corrected chi connectivity index (χ1v) is 4.11. The smallest absolute Gasteiger partial charge is 0.128 e. The minimum atomic E-state index is 0.0787. The second-order valence-electron chi connectivity index (χ2n) is 3.68. The van der Waals surface area contributed by atoms with Gasteiger partial charge in [0.2, 0.25) is 0 Å². The molecule has 1 heterocycles. The van der Waals surface area contributed by atoms with Gasteiger partial charge in [0.1, 0.15) is 12.2 Å². The first-order chi connectivity index (χ1) is 5.13. The highest BCUT2D eigenvalue weighted by molar-refractivity contribution is 4.76. The summed E-state index contributed by atoms with van der Waals surface area (Å²) in [6.45, 7) is 8.38. The van der Waals surface area contributed by atoms with Gasteiger partial charge in [-0.25, -0.2) is 0 Å². The molecule has 1 aliphatic rings. The third-order valence-electron chi connectivity index (χ3n) is 1.94. The molecule has 2 unspecified atom stereocenters. The summed E-state index contributed by atoms with van der Waals surface area (Å²) in [5.41, 5.74) is 0. The van der Waals surface area contributed by atoms with E-state index in [1.165, 1.54) is 0 Å². The van der Waals surface area contributed by atoms with Crippen molar-refractivity contribution >= 4 is 0 Å². The van der Waals surface area contributed by atoms with Gasteiger partial charge in [-0.1, -0.05) is 32.7 Å². The predicted octanol–water partition coefficient (Wildman–Crippen LogP) is 1.93. The molecular weight excluding hydrogens is 144 g/mol. The van der Waals surface area contributed by atoms with Crippen LogP contribution >= 0.6 is 0 Å². The summed E-state index contributed by atoms with van der Waals surface area (Å²) in [6, 6.07) is 0. The maximum atomic E-state index is 4.97. The zero-order valence-electron chi connectivity index (χ0n) is 7.53. The van der Waals surface area contributed by atoms with Gasteiger partial charge in [0, 0.05) is 0 Å². The molecule has 1 fully saturated rings. The highest BCUT2D eigenvalue weighted by Crippen LogP contribution is 2.26. The molecule has 1 aliphatic heterocycles. The second kappa shape index (κ2) is 3.52. The molecular formula is C8H16O3. The quantitative estimate of drug-likeness (QED) is 0.578. The molecule has 0 aromatic carbocycles. The Bertz CT molecular complexity index is 109. The van der Waals surface area contributed by atoms with Crippen LogP contribution in [0, 0.1) is 11.8 Å². The van der Waals surface area contributed by atoms with Gasteiger partial charge in [-0.15, -0.1) is 0 Å². The van der Waals surface area contributed by atoms with E-state index >= 15 is 0 Å². The summed E-state index contributed by atoms with van der Waals surface area (Å²) < 4.78 is 0. The van der Waals surface area contributed by atoms with Gasteiger partial charge in [-0.3, -0.25) is 0 Å². The van der Waals surface area contributed by atoms with Crippen LogP contribution < -0.4 is 0 Å². The second-order valence-corrected chi connectivity index (χ2v) is 3.68. The summed E-state index contributed by atoms with van der Waals surface area (Å²) in [4.78, 5) is 9.93.